The van der Waals surface area contributed by atoms with E-state index in [9.17, 15) is 0 Å². The predicted octanol–water partition coefficient (Wildman–Crippen LogP) is 2.48. The minimum Gasteiger partial charge on any atom is -0.330 e. The van der Waals surface area contributed by atoms with Gasteiger partial charge in [0.05, 0.1) is 0 Å². The van der Waals surface area contributed by atoms with Crippen LogP contribution in [0.1, 0.15) is 19.4 Å². The number of rotatable bonds is 6. The Morgan fingerprint density at radius 2 is 1.88 bits per heavy atom. The van der Waals surface area contributed by atoms with Gasteiger partial charge in [-0.3, -0.25) is 0 Å². The third-order valence-corrected chi connectivity index (χ3v) is 3.39. The number of thioether (sulfide) groups is 1. The lowest BCUT2D eigenvalue weighted by molar-refractivity contribution is 0.351. The highest BCUT2D eigenvalue weighted by Crippen LogP contribution is 2.15. The summed E-state index contributed by atoms with van der Waals surface area (Å²) in [5.41, 5.74) is 7.19. The maximum atomic E-state index is 5.68. The van der Waals surface area contributed by atoms with Gasteiger partial charge in [-0.1, -0.05) is 26.0 Å². The van der Waals surface area contributed by atoms with Crippen molar-refractivity contribution in [2.75, 3.05) is 19.3 Å². The fourth-order valence-electron chi connectivity index (χ4n) is 1.36. The van der Waals surface area contributed by atoms with E-state index in [1.54, 1.807) is 11.8 Å². The van der Waals surface area contributed by atoms with E-state index in [1.165, 1.54) is 10.5 Å². The normalized spacial score (nSPS) is 11.8. The molecule has 0 aliphatic rings. The Kier molecular flexibility index (Phi) is 5.32. The molecular weight excluding hydrogens is 216 g/mol. The summed E-state index contributed by atoms with van der Waals surface area (Å²) in [6.45, 7) is 6.94. The SMILES string of the molecule is CSc1ccc(CNCC(C)(C)CN)cc1. The van der Waals surface area contributed by atoms with Crippen LogP contribution >= 0.6 is 11.8 Å². The highest BCUT2D eigenvalue weighted by Gasteiger charge is 2.14. The van der Waals surface area contributed by atoms with Gasteiger partial charge in [-0.05, 0) is 35.9 Å². The number of nitrogens with one attached hydrogen (secondary N) is 1. The van der Waals surface area contributed by atoms with Crippen LogP contribution in [0.25, 0.3) is 0 Å². The first-order valence-electron chi connectivity index (χ1n) is 5.61. The van der Waals surface area contributed by atoms with Crippen molar-refractivity contribution < 1.29 is 0 Å². The van der Waals surface area contributed by atoms with Crippen LogP contribution in [0.2, 0.25) is 0 Å². The zero-order valence-corrected chi connectivity index (χ0v) is 11.2. The first-order chi connectivity index (χ1) is 7.57. The molecule has 0 aliphatic heterocycles. The summed E-state index contributed by atoms with van der Waals surface area (Å²) in [5, 5.41) is 3.44. The van der Waals surface area contributed by atoms with E-state index in [4.69, 9.17) is 5.73 Å². The average Bonchev–Trinajstić information content (AvgIpc) is 2.30. The smallest absolute Gasteiger partial charge is 0.0205 e. The van der Waals surface area contributed by atoms with Gasteiger partial charge in [0.2, 0.25) is 0 Å². The molecular formula is C13H22N2S. The van der Waals surface area contributed by atoms with Gasteiger partial charge < -0.3 is 11.1 Å². The minimum absolute atomic E-state index is 0.180. The summed E-state index contributed by atoms with van der Waals surface area (Å²) < 4.78 is 0. The maximum absolute atomic E-state index is 5.68. The van der Waals surface area contributed by atoms with Gasteiger partial charge in [-0.25, -0.2) is 0 Å². The molecule has 0 saturated carbocycles. The van der Waals surface area contributed by atoms with Crippen LogP contribution in [0.4, 0.5) is 0 Å². The molecule has 0 atom stereocenters. The number of hydrogen-bond donors (Lipinski definition) is 2. The molecule has 90 valence electrons. The molecule has 0 radical (unpaired) electrons. The Labute approximate surface area is 103 Å². The van der Waals surface area contributed by atoms with Crippen molar-refractivity contribution in [3.05, 3.63) is 29.8 Å². The van der Waals surface area contributed by atoms with Gasteiger partial charge in [-0.2, -0.15) is 0 Å². The largest absolute Gasteiger partial charge is 0.330 e. The highest BCUT2D eigenvalue weighted by molar-refractivity contribution is 7.98. The molecule has 0 aliphatic carbocycles. The number of hydrogen-bond acceptors (Lipinski definition) is 3. The molecule has 0 saturated heterocycles. The van der Waals surface area contributed by atoms with Gasteiger partial charge in [0.25, 0.3) is 0 Å². The van der Waals surface area contributed by atoms with Crippen LogP contribution in [0.5, 0.6) is 0 Å². The molecule has 1 rings (SSSR count). The van der Waals surface area contributed by atoms with Crippen molar-refractivity contribution in [2.45, 2.75) is 25.3 Å². The topological polar surface area (TPSA) is 38.0 Å². The van der Waals surface area contributed by atoms with Crippen LogP contribution in [-0.4, -0.2) is 19.3 Å². The van der Waals surface area contributed by atoms with Crippen LogP contribution in [0, 0.1) is 5.41 Å². The zero-order valence-electron chi connectivity index (χ0n) is 10.4. The van der Waals surface area contributed by atoms with E-state index < -0.39 is 0 Å². The lowest BCUT2D eigenvalue weighted by atomic mass is 9.94. The van der Waals surface area contributed by atoms with Gasteiger partial charge in [0, 0.05) is 18.0 Å². The molecule has 0 bridgehead atoms. The van der Waals surface area contributed by atoms with Crippen molar-refractivity contribution in [1.82, 2.24) is 5.32 Å². The molecule has 2 nitrogen and oxygen atoms in total. The Morgan fingerprint density at radius 1 is 1.25 bits per heavy atom. The third kappa shape index (κ3) is 4.56. The summed E-state index contributed by atoms with van der Waals surface area (Å²) in [6.07, 6.45) is 2.09. The molecule has 16 heavy (non-hydrogen) atoms. The number of benzene rings is 1. The fraction of sp³-hybridized carbons (Fsp3) is 0.538. The fourth-order valence-corrected chi connectivity index (χ4v) is 1.77. The second-order valence-corrected chi connectivity index (χ2v) is 5.70. The quantitative estimate of drug-likeness (QED) is 0.748. The lowest BCUT2D eigenvalue weighted by Gasteiger charge is -2.22. The van der Waals surface area contributed by atoms with Crippen molar-refractivity contribution in [3.8, 4) is 0 Å². The van der Waals surface area contributed by atoms with E-state index >= 15 is 0 Å². The van der Waals surface area contributed by atoms with Gasteiger partial charge in [-0.15, -0.1) is 11.8 Å². The van der Waals surface area contributed by atoms with Gasteiger partial charge >= 0.3 is 0 Å². The monoisotopic (exact) mass is 238 g/mol. The van der Waals surface area contributed by atoms with E-state index in [2.05, 4.69) is 49.7 Å². The summed E-state index contributed by atoms with van der Waals surface area (Å²) in [5.74, 6) is 0. The van der Waals surface area contributed by atoms with E-state index in [-0.39, 0.29) is 5.41 Å². The third-order valence-electron chi connectivity index (χ3n) is 2.64. The highest BCUT2D eigenvalue weighted by atomic mass is 32.2. The van der Waals surface area contributed by atoms with Crippen molar-refractivity contribution in [2.24, 2.45) is 11.1 Å². The van der Waals surface area contributed by atoms with E-state index in [0.29, 0.717) is 6.54 Å². The van der Waals surface area contributed by atoms with Crippen LogP contribution in [-0.2, 0) is 6.54 Å². The standard InChI is InChI=1S/C13H22N2S/c1-13(2,9-14)10-15-8-11-4-6-12(16-3)7-5-11/h4-7,15H,8-10,14H2,1-3H3. The lowest BCUT2D eigenvalue weighted by Crippen LogP contribution is -2.35. The molecule has 0 aromatic heterocycles. The minimum atomic E-state index is 0.180. The summed E-state index contributed by atoms with van der Waals surface area (Å²) >= 11 is 1.77. The average molecular weight is 238 g/mol. The van der Waals surface area contributed by atoms with Crippen molar-refractivity contribution in [1.29, 1.82) is 0 Å². The van der Waals surface area contributed by atoms with Crippen molar-refractivity contribution in [3.63, 3.8) is 0 Å². The molecule has 0 heterocycles. The summed E-state index contributed by atoms with van der Waals surface area (Å²) in [4.78, 5) is 1.31. The zero-order chi connectivity index (χ0) is 12.0. The molecule has 3 heteroatoms. The van der Waals surface area contributed by atoms with E-state index in [1.807, 2.05) is 0 Å². The first-order valence-corrected chi connectivity index (χ1v) is 6.83. The summed E-state index contributed by atoms with van der Waals surface area (Å²) in [7, 11) is 0. The first kappa shape index (κ1) is 13.6. The molecule has 0 fully saturated rings. The Balaban J connectivity index is 2.37. The van der Waals surface area contributed by atoms with Crippen LogP contribution in [0.15, 0.2) is 29.2 Å². The Hall–Kier alpha value is -0.510. The molecule has 0 amide bonds. The Bertz CT molecular complexity index is 306. The maximum Gasteiger partial charge on any atom is 0.0205 e. The van der Waals surface area contributed by atoms with Crippen molar-refractivity contribution >= 4 is 11.8 Å². The second kappa shape index (κ2) is 6.28. The predicted molar refractivity (Wildman–Crippen MR) is 72.8 cm³/mol. The Morgan fingerprint density at radius 3 is 2.38 bits per heavy atom. The second-order valence-electron chi connectivity index (χ2n) is 4.82. The molecule has 0 unspecified atom stereocenters. The molecule has 1 aromatic carbocycles. The molecule has 1 aromatic rings. The van der Waals surface area contributed by atoms with E-state index in [0.717, 1.165) is 13.1 Å². The summed E-state index contributed by atoms with van der Waals surface area (Å²) in [6, 6.07) is 8.67. The van der Waals surface area contributed by atoms with Crippen LogP contribution < -0.4 is 11.1 Å². The molecule has 0 spiro atoms. The van der Waals surface area contributed by atoms with Crippen LogP contribution in [0.3, 0.4) is 0 Å². The molecule has 3 N–H and O–H groups in total. The van der Waals surface area contributed by atoms with Gasteiger partial charge in [0.15, 0.2) is 0 Å². The number of nitrogens with two attached hydrogens (primary N) is 1. The van der Waals surface area contributed by atoms with Gasteiger partial charge in [0.1, 0.15) is 0 Å².